The molecule has 4 N–H and O–H groups in total. The van der Waals surface area contributed by atoms with Crippen LogP contribution in [0.25, 0.3) is 0 Å². The number of amides is 2. The molecular weight excluding hydrogens is 184 g/mol. The molecule has 0 aliphatic carbocycles. The molecule has 5 heteroatoms. The lowest BCUT2D eigenvalue weighted by Gasteiger charge is -2.31. The van der Waals surface area contributed by atoms with E-state index in [0.717, 1.165) is 0 Å². The summed E-state index contributed by atoms with van der Waals surface area (Å²) < 4.78 is 0. The molecule has 0 unspecified atom stereocenters. The summed E-state index contributed by atoms with van der Waals surface area (Å²) in [4.78, 5) is 21.8. The van der Waals surface area contributed by atoms with Crippen LogP contribution >= 0.6 is 0 Å². The molecule has 2 atom stereocenters. The number of rotatable bonds is 5. The summed E-state index contributed by atoms with van der Waals surface area (Å²) in [6.07, 6.45) is 0.854. The average Bonchev–Trinajstić information content (AvgIpc) is 2.02. The van der Waals surface area contributed by atoms with Gasteiger partial charge in [-0.1, -0.05) is 13.3 Å². The lowest BCUT2D eigenvalue weighted by molar-refractivity contribution is -0.141. The van der Waals surface area contributed by atoms with E-state index < -0.39 is 17.6 Å². The number of nitrogens with one attached hydrogen (secondary N) is 1. The monoisotopic (exact) mass is 202 g/mol. The van der Waals surface area contributed by atoms with Gasteiger partial charge in [0.25, 0.3) is 5.91 Å². The molecule has 0 saturated heterocycles. The molecule has 0 spiro atoms. The number of nitrogens with two attached hydrogens (primary N) is 1. The zero-order valence-corrected chi connectivity index (χ0v) is 8.83. The molecule has 0 heterocycles. The van der Waals surface area contributed by atoms with Crippen LogP contribution in [0.15, 0.2) is 0 Å². The largest absolute Gasteiger partial charge is 0.378 e. The topological polar surface area (TPSA) is 92.4 Å². The van der Waals surface area contributed by atoms with E-state index in [9.17, 15) is 14.7 Å². The molecule has 0 rings (SSSR count). The summed E-state index contributed by atoms with van der Waals surface area (Å²) in [5, 5.41) is 12.4. The Morgan fingerprint density at radius 1 is 1.57 bits per heavy atom. The molecule has 14 heavy (non-hydrogen) atoms. The van der Waals surface area contributed by atoms with Gasteiger partial charge in [0.2, 0.25) is 5.91 Å². The van der Waals surface area contributed by atoms with Gasteiger partial charge in [-0.25, -0.2) is 0 Å². The van der Waals surface area contributed by atoms with Crippen LogP contribution in [0.3, 0.4) is 0 Å². The lowest BCUT2D eigenvalue weighted by Crippen LogP contribution is -2.58. The fraction of sp³-hybridized carbons (Fsp3) is 0.778. The molecule has 0 saturated carbocycles. The third-order valence-corrected chi connectivity index (χ3v) is 2.19. The molecule has 5 nitrogen and oxygen atoms in total. The summed E-state index contributed by atoms with van der Waals surface area (Å²) in [7, 11) is 0. The summed E-state index contributed by atoms with van der Waals surface area (Å²) in [6, 6.07) is -0.669. The van der Waals surface area contributed by atoms with Crippen molar-refractivity contribution in [3.05, 3.63) is 0 Å². The zero-order valence-electron chi connectivity index (χ0n) is 8.83. The molecule has 0 aromatic carbocycles. The van der Waals surface area contributed by atoms with Gasteiger partial charge in [0.15, 0.2) is 5.60 Å². The summed E-state index contributed by atoms with van der Waals surface area (Å²) in [5.74, 6) is -1.10. The molecular formula is C9H18N2O3. The van der Waals surface area contributed by atoms with E-state index in [2.05, 4.69) is 5.32 Å². The quantitative estimate of drug-likeness (QED) is 0.562. The Hall–Kier alpha value is -1.10. The van der Waals surface area contributed by atoms with Crippen LogP contribution < -0.4 is 11.1 Å². The SMILES string of the molecule is CCC[C@](O)(C(N)=O)[C@@H](C)NC(C)=O. The van der Waals surface area contributed by atoms with Crippen molar-refractivity contribution in [2.45, 2.75) is 45.3 Å². The summed E-state index contributed by atoms with van der Waals surface area (Å²) in [6.45, 7) is 4.71. The van der Waals surface area contributed by atoms with Crippen molar-refractivity contribution in [1.82, 2.24) is 5.32 Å². The fourth-order valence-electron chi connectivity index (χ4n) is 1.36. The Morgan fingerprint density at radius 2 is 2.07 bits per heavy atom. The Balaban J connectivity index is 4.63. The molecule has 0 aromatic rings. The lowest BCUT2D eigenvalue weighted by atomic mass is 9.89. The first-order valence-corrected chi connectivity index (χ1v) is 4.64. The zero-order chi connectivity index (χ0) is 11.4. The minimum atomic E-state index is -1.65. The molecule has 0 bridgehead atoms. The van der Waals surface area contributed by atoms with Gasteiger partial charge in [0.1, 0.15) is 0 Å². The third-order valence-electron chi connectivity index (χ3n) is 2.19. The van der Waals surface area contributed by atoms with Crippen LogP contribution in [0.2, 0.25) is 0 Å². The second-order valence-corrected chi connectivity index (χ2v) is 3.46. The van der Waals surface area contributed by atoms with Crippen molar-refractivity contribution in [2.75, 3.05) is 0 Å². The van der Waals surface area contributed by atoms with Gasteiger partial charge in [-0.15, -0.1) is 0 Å². The molecule has 0 aliphatic heterocycles. The maximum atomic E-state index is 11.1. The normalized spacial score (nSPS) is 16.9. The number of hydrogen-bond acceptors (Lipinski definition) is 3. The van der Waals surface area contributed by atoms with E-state index in [4.69, 9.17) is 5.73 Å². The molecule has 2 amide bonds. The minimum absolute atomic E-state index is 0.240. The highest BCUT2D eigenvalue weighted by atomic mass is 16.3. The van der Waals surface area contributed by atoms with Crippen molar-refractivity contribution >= 4 is 11.8 Å². The fourth-order valence-corrected chi connectivity index (χ4v) is 1.36. The first-order chi connectivity index (χ1) is 6.34. The Morgan fingerprint density at radius 3 is 2.36 bits per heavy atom. The minimum Gasteiger partial charge on any atom is -0.378 e. The van der Waals surface area contributed by atoms with E-state index >= 15 is 0 Å². The maximum Gasteiger partial charge on any atom is 0.251 e. The van der Waals surface area contributed by atoms with Gasteiger partial charge in [-0.05, 0) is 13.3 Å². The summed E-state index contributed by atoms with van der Waals surface area (Å²) in [5.41, 5.74) is 3.44. The highest BCUT2D eigenvalue weighted by molar-refractivity contribution is 5.85. The smallest absolute Gasteiger partial charge is 0.251 e. The van der Waals surface area contributed by atoms with Crippen LogP contribution in [-0.4, -0.2) is 28.6 Å². The molecule has 0 aromatic heterocycles. The standard InChI is InChI=1S/C9H18N2O3/c1-4-5-9(14,8(10)13)6(2)11-7(3)12/h6,14H,4-5H2,1-3H3,(H2,10,13)(H,11,12)/t6-,9-/m1/s1. The van der Waals surface area contributed by atoms with Gasteiger partial charge in [0, 0.05) is 6.92 Å². The molecule has 0 aliphatic rings. The van der Waals surface area contributed by atoms with Crippen LogP contribution in [0, 0.1) is 0 Å². The first-order valence-electron chi connectivity index (χ1n) is 4.64. The van der Waals surface area contributed by atoms with E-state index in [0.29, 0.717) is 6.42 Å². The van der Waals surface area contributed by atoms with E-state index in [1.807, 2.05) is 6.92 Å². The number of primary amides is 1. The predicted octanol–water partition coefficient (Wildman–Crippen LogP) is -0.473. The number of hydrogen-bond donors (Lipinski definition) is 3. The van der Waals surface area contributed by atoms with E-state index in [1.54, 1.807) is 6.92 Å². The van der Waals surface area contributed by atoms with Crippen LogP contribution in [0.1, 0.15) is 33.6 Å². The van der Waals surface area contributed by atoms with Crippen LogP contribution in [0.4, 0.5) is 0 Å². The van der Waals surface area contributed by atoms with Gasteiger partial charge < -0.3 is 16.2 Å². The average molecular weight is 202 g/mol. The highest BCUT2D eigenvalue weighted by Gasteiger charge is 2.39. The van der Waals surface area contributed by atoms with E-state index in [1.165, 1.54) is 6.92 Å². The van der Waals surface area contributed by atoms with Crippen molar-refractivity contribution in [2.24, 2.45) is 5.73 Å². The van der Waals surface area contributed by atoms with Crippen molar-refractivity contribution < 1.29 is 14.7 Å². The first kappa shape index (κ1) is 12.9. The van der Waals surface area contributed by atoms with Crippen molar-refractivity contribution in [3.8, 4) is 0 Å². The maximum absolute atomic E-state index is 11.1. The third kappa shape index (κ3) is 2.99. The van der Waals surface area contributed by atoms with Crippen molar-refractivity contribution in [3.63, 3.8) is 0 Å². The predicted molar refractivity (Wildman–Crippen MR) is 52.3 cm³/mol. The summed E-state index contributed by atoms with van der Waals surface area (Å²) >= 11 is 0. The highest BCUT2D eigenvalue weighted by Crippen LogP contribution is 2.17. The Kier molecular flexibility index (Phi) is 4.56. The Bertz CT molecular complexity index is 230. The number of carbonyl (C=O) groups is 2. The van der Waals surface area contributed by atoms with Crippen LogP contribution in [-0.2, 0) is 9.59 Å². The molecule has 0 fully saturated rings. The van der Waals surface area contributed by atoms with Crippen LogP contribution in [0.5, 0.6) is 0 Å². The number of carbonyl (C=O) groups excluding carboxylic acids is 2. The van der Waals surface area contributed by atoms with E-state index in [-0.39, 0.29) is 12.3 Å². The van der Waals surface area contributed by atoms with Gasteiger partial charge >= 0.3 is 0 Å². The molecule has 0 radical (unpaired) electrons. The Labute approximate surface area is 83.7 Å². The second kappa shape index (κ2) is 4.95. The van der Waals surface area contributed by atoms with Gasteiger partial charge in [0.05, 0.1) is 6.04 Å². The number of aliphatic hydroxyl groups is 1. The second-order valence-electron chi connectivity index (χ2n) is 3.46. The molecule has 82 valence electrons. The van der Waals surface area contributed by atoms with Gasteiger partial charge in [-0.2, -0.15) is 0 Å². The van der Waals surface area contributed by atoms with Gasteiger partial charge in [-0.3, -0.25) is 9.59 Å². The van der Waals surface area contributed by atoms with Crippen molar-refractivity contribution in [1.29, 1.82) is 0 Å².